The summed E-state index contributed by atoms with van der Waals surface area (Å²) in [5.41, 5.74) is 0.398. The molecule has 0 spiro atoms. The number of anilines is 1. The molecule has 11 nitrogen and oxygen atoms in total. The molecule has 0 radical (unpaired) electrons. The summed E-state index contributed by atoms with van der Waals surface area (Å²) in [4.78, 5) is 3.30. The van der Waals surface area contributed by atoms with E-state index in [1.165, 1.54) is 18.2 Å². The Morgan fingerprint density at radius 3 is 2.52 bits per heavy atom. The summed E-state index contributed by atoms with van der Waals surface area (Å²) in [6.45, 7) is 0. The van der Waals surface area contributed by atoms with Crippen LogP contribution in [-0.2, 0) is 20.1 Å². The Balaban J connectivity index is 2.00. The van der Waals surface area contributed by atoms with E-state index in [0.717, 1.165) is 23.9 Å². The molecule has 0 saturated carbocycles. The fraction of sp³-hybridized carbons (Fsp3) is 0.0588. The number of hydrogen-bond acceptors (Lipinski definition) is 10. The van der Waals surface area contributed by atoms with Gasteiger partial charge < -0.3 is 5.11 Å². The van der Waals surface area contributed by atoms with Crippen LogP contribution in [0.1, 0.15) is 0 Å². The molecule has 2 aromatic heterocycles. The van der Waals surface area contributed by atoms with Crippen LogP contribution in [0.15, 0.2) is 57.7 Å². The average molecular weight is 480 g/mol. The summed E-state index contributed by atoms with van der Waals surface area (Å²) in [6, 6.07) is 8.52. The van der Waals surface area contributed by atoms with Gasteiger partial charge in [0.25, 0.3) is 10.1 Å². The van der Waals surface area contributed by atoms with E-state index in [1.54, 1.807) is 18.3 Å². The number of aromatic nitrogens is 2. The molecule has 0 fully saturated rings. The summed E-state index contributed by atoms with van der Waals surface area (Å²) in [5.74, 6) is -0.749. The van der Waals surface area contributed by atoms with E-state index in [2.05, 4.69) is 24.3 Å². The number of fused-ring (bicyclic) bond motifs is 2. The zero-order valence-corrected chi connectivity index (χ0v) is 18.0. The fourth-order valence-electron chi connectivity index (χ4n) is 2.93. The van der Waals surface area contributed by atoms with Gasteiger partial charge >= 0.3 is 0 Å². The Morgan fingerprint density at radius 1 is 1.06 bits per heavy atom. The van der Waals surface area contributed by atoms with Gasteiger partial charge in [0.1, 0.15) is 10.6 Å². The highest BCUT2D eigenvalue weighted by Gasteiger charge is 2.23. The Morgan fingerprint density at radius 2 is 1.81 bits per heavy atom. The maximum atomic E-state index is 11.8. The number of nitrogens with zero attached hydrogens (tertiary/aromatic N) is 4. The zero-order valence-electron chi connectivity index (χ0n) is 15.6. The van der Waals surface area contributed by atoms with Crippen molar-refractivity contribution in [3.63, 3.8) is 0 Å². The minimum atomic E-state index is -4.81. The summed E-state index contributed by atoms with van der Waals surface area (Å²) in [7, 11) is -8.52. The van der Waals surface area contributed by atoms with Gasteiger partial charge in [0.2, 0.25) is 10.0 Å². The summed E-state index contributed by atoms with van der Waals surface area (Å²) < 4.78 is 63.1. The van der Waals surface area contributed by atoms with Gasteiger partial charge in [0, 0.05) is 17.0 Å². The van der Waals surface area contributed by atoms with E-state index in [4.69, 9.17) is 0 Å². The molecule has 31 heavy (non-hydrogen) atoms. The van der Waals surface area contributed by atoms with Gasteiger partial charge in [-0.15, -0.1) is 10.2 Å². The van der Waals surface area contributed by atoms with Gasteiger partial charge in [-0.1, -0.05) is 12.1 Å². The molecule has 0 bridgehead atoms. The second kappa shape index (κ2) is 7.49. The van der Waals surface area contributed by atoms with Crippen molar-refractivity contribution < 1.29 is 26.5 Å². The number of phenolic OH excluding ortho intramolecular Hbond substituents is 1. The predicted octanol–water partition coefficient (Wildman–Crippen LogP) is 3.58. The van der Waals surface area contributed by atoms with Crippen molar-refractivity contribution in [2.75, 3.05) is 11.0 Å². The number of hydrogen-bond donors (Lipinski definition) is 3. The average Bonchev–Trinajstić information content (AvgIpc) is 3.09. The number of benzene rings is 2. The van der Waals surface area contributed by atoms with Gasteiger partial charge in [0.15, 0.2) is 10.6 Å². The predicted molar refractivity (Wildman–Crippen MR) is 115 cm³/mol. The fourth-order valence-corrected chi connectivity index (χ4v) is 4.76. The number of rotatable bonds is 5. The van der Waals surface area contributed by atoms with Crippen LogP contribution in [-0.4, -0.2) is 42.1 Å². The zero-order chi connectivity index (χ0) is 22.4. The molecule has 0 atom stereocenters. The minimum absolute atomic E-state index is 0.0435. The molecule has 0 saturated heterocycles. The minimum Gasteiger partial charge on any atom is -0.506 e. The van der Waals surface area contributed by atoms with E-state index in [0.29, 0.717) is 16.0 Å². The van der Waals surface area contributed by atoms with Crippen molar-refractivity contribution in [1.82, 2.24) is 9.36 Å². The van der Waals surface area contributed by atoms with Crippen LogP contribution in [0.25, 0.3) is 21.8 Å². The SMILES string of the molecule is CS(=O)(=O)Nc1cccc2c(O)c(S(=O)(=O)O)cc(N=Nc3snc4ncccc34)c12. The van der Waals surface area contributed by atoms with Gasteiger partial charge in [-0.3, -0.25) is 9.27 Å². The van der Waals surface area contributed by atoms with Gasteiger partial charge in [-0.05, 0) is 35.8 Å². The second-order valence-corrected chi connectivity index (χ2v) is 10.3. The lowest BCUT2D eigenvalue weighted by atomic mass is 10.1. The first kappa shape index (κ1) is 21.0. The highest BCUT2D eigenvalue weighted by Crippen LogP contribution is 2.43. The lowest BCUT2D eigenvalue weighted by Gasteiger charge is -2.13. The van der Waals surface area contributed by atoms with Crippen molar-refractivity contribution in [2.45, 2.75) is 4.90 Å². The molecular formula is C17H13N5O6S3. The van der Waals surface area contributed by atoms with Gasteiger partial charge in [-0.25, -0.2) is 13.4 Å². The molecule has 160 valence electrons. The number of sulfonamides is 1. The molecular weight excluding hydrogens is 466 g/mol. The van der Waals surface area contributed by atoms with Crippen molar-refractivity contribution in [3.8, 4) is 5.75 Å². The van der Waals surface area contributed by atoms with Crippen LogP contribution in [0.3, 0.4) is 0 Å². The van der Waals surface area contributed by atoms with Gasteiger partial charge in [-0.2, -0.15) is 12.8 Å². The van der Waals surface area contributed by atoms with E-state index in [1.807, 2.05) is 0 Å². The Kier molecular flexibility index (Phi) is 5.09. The van der Waals surface area contributed by atoms with Crippen LogP contribution in [0.2, 0.25) is 0 Å². The highest BCUT2D eigenvalue weighted by molar-refractivity contribution is 7.92. The number of azo groups is 1. The Labute approximate surface area is 180 Å². The maximum Gasteiger partial charge on any atom is 0.298 e. The molecule has 0 aliphatic carbocycles. The number of nitrogens with one attached hydrogen (secondary N) is 1. The van der Waals surface area contributed by atoms with Crippen LogP contribution >= 0.6 is 11.5 Å². The highest BCUT2D eigenvalue weighted by atomic mass is 32.2. The molecule has 4 aromatic rings. The third-order valence-corrected chi connectivity index (χ3v) is 6.33. The normalized spacial score (nSPS) is 12.7. The number of phenols is 1. The summed E-state index contributed by atoms with van der Waals surface area (Å²) >= 11 is 1.01. The van der Waals surface area contributed by atoms with Crippen molar-refractivity contribution in [2.24, 2.45) is 10.2 Å². The van der Waals surface area contributed by atoms with Gasteiger partial charge in [0.05, 0.1) is 23.0 Å². The van der Waals surface area contributed by atoms with Crippen molar-refractivity contribution in [1.29, 1.82) is 0 Å². The molecule has 3 N–H and O–H groups in total. The van der Waals surface area contributed by atoms with Crippen LogP contribution in [0.4, 0.5) is 16.4 Å². The third kappa shape index (κ3) is 4.18. The molecule has 4 rings (SSSR count). The quantitative estimate of drug-likeness (QED) is 0.288. The van der Waals surface area contributed by atoms with Crippen LogP contribution in [0.5, 0.6) is 5.75 Å². The summed E-state index contributed by atoms with van der Waals surface area (Å²) in [5, 5.41) is 19.7. The molecule has 14 heteroatoms. The number of pyridine rings is 1. The molecule has 0 amide bonds. The lowest BCUT2D eigenvalue weighted by Crippen LogP contribution is -2.10. The topological polar surface area (TPSA) is 171 Å². The monoisotopic (exact) mass is 479 g/mol. The molecule has 2 aromatic carbocycles. The Bertz CT molecular complexity index is 1580. The molecule has 0 aliphatic rings. The molecule has 0 aliphatic heterocycles. The van der Waals surface area contributed by atoms with Crippen molar-refractivity contribution >= 4 is 69.9 Å². The largest absolute Gasteiger partial charge is 0.506 e. The lowest BCUT2D eigenvalue weighted by molar-refractivity contribution is 0.448. The first-order valence-corrected chi connectivity index (χ1v) is 12.5. The standard InChI is InChI=1S/C17H13N5O6S3/c1-30(24,25)22-11-6-2-4-9-14(11)12(8-13(15(9)23)31(26,27)28)19-20-17-10-5-3-7-18-16(10)21-29-17/h2-8,22-23H,1H3,(H,26,27,28). The number of aromatic hydroxyl groups is 1. The van der Waals surface area contributed by atoms with Crippen LogP contribution < -0.4 is 4.72 Å². The first-order valence-electron chi connectivity index (χ1n) is 8.41. The van der Waals surface area contributed by atoms with E-state index in [-0.39, 0.29) is 22.1 Å². The van der Waals surface area contributed by atoms with Crippen molar-refractivity contribution in [3.05, 3.63) is 42.6 Å². The molecule has 0 unspecified atom stereocenters. The molecule has 2 heterocycles. The van der Waals surface area contributed by atoms with Crippen LogP contribution in [0, 0.1) is 0 Å². The maximum absolute atomic E-state index is 11.8. The van der Waals surface area contributed by atoms with E-state index in [9.17, 15) is 26.5 Å². The third-order valence-electron chi connectivity index (χ3n) is 4.13. The van der Waals surface area contributed by atoms with E-state index >= 15 is 0 Å². The summed E-state index contributed by atoms with van der Waals surface area (Å²) in [6.07, 6.45) is 2.51. The van der Waals surface area contributed by atoms with E-state index < -0.39 is 30.8 Å². The Hall–Kier alpha value is -3.20. The first-order chi connectivity index (χ1) is 14.5. The smallest absolute Gasteiger partial charge is 0.298 e. The second-order valence-electron chi connectivity index (χ2n) is 6.38.